The summed E-state index contributed by atoms with van der Waals surface area (Å²) in [5, 5.41) is 0. The van der Waals surface area contributed by atoms with Gasteiger partial charge in [-0.05, 0) is 58.7 Å². The van der Waals surface area contributed by atoms with Crippen LogP contribution in [0.3, 0.4) is 0 Å². The van der Waals surface area contributed by atoms with Gasteiger partial charge >= 0.3 is 0 Å². The first kappa shape index (κ1) is 21.4. The van der Waals surface area contributed by atoms with Crippen molar-refractivity contribution >= 4 is 5.70 Å². The third kappa shape index (κ3) is 4.32. The van der Waals surface area contributed by atoms with E-state index in [4.69, 9.17) is 5.73 Å². The molecule has 2 atom stereocenters. The molecule has 160 valence electrons. The molecule has 0 radical (unpaired) electrons. The van der Waals surface area contributed by atoms with E-state index in [9.17, 15) is 0 Å². The Labute approximate surface area is 188 Å². The molecular weight excluding hydrogens is 374 g/mol. The summed E-state index contributed by atoms with van der Waals surface area (Å²) in [6, 6.07) is 15.9. The largest absolute Gasteiger partial charge is 0.398 e. The molecule has 4 rings (SSSR count). The van der Waals surface area contributed by atoms with Crippen LogP contribution in [0.4, 0.5) is 0 Å². The summed E-state index contributed by atoms with van der Waals surface area (Å²) in [5.41, 5.74) is 15.1. The molecular formula is C30H35N. The number of fused-ring (bicyclic) bond motifs is 2. The van der Waals surface area contributed by atoms with Crippen molar-refractivity contribution in [3.8, 4) is 11.1 Å². The summed E-state index contributed by atoms with van der Waals surface area (Å²) < 4.78 is 0. The van der Waals surface area contributed by atoms with Crippen molar-refractivity contribution in [3.05, 3.63) is 101 Å². The maximum atomic E-state index is 6.57. The zero-order chi connectivity index (χ0) is 21.8. The maximum Gasteiger partial charge on any atom is 0.0390 e. The lowest BCUT2D eigenvalue weighted by atomic mass is 9.66. The zero-order valence-corrected chi connectivity index (χ0v) is 19.2. The van der Waals surface area contributed by atoms with Gasteiger partial charge in [0.15, 0.2) is 0 Å². The molecule has 0 amide bonds. The first-order chi connectivity index (χ1) is 15.0. The van der Waals surface area contributed by atoms with Crippen LogP contribution in [0, 0.1) is 5.41 Å². The number of rotatable bonds is 6. The topological polar surface area (TPSA) is 26.0 Å². The molecule has 2 aromatic carbocycles. The first-order valence-corrected chi connectivity index (χ1v) is 11.8. The highest BCUT2D eigenvalue weighted by molar-refractivity contribution is 5.76. The summed E-state index contributed by atoms with van der Waals surface area (Å²) in [5.74, 6) is 0.335. The molecule has 0 saturated heterocycles. The smallest absolute Gasteiger partial charge is 0.0390 e. The zero-order valence-electron chi connectivity index (χ0n) is 19.2. The minimum Gasteiger partial charge on any atom is -0.398 e. The Hall–Kier alpha value is -2.80. The Morgan fingerprint density at radius 1 is 0.903 bits per heavy atom. The molecule has 0 spiro atoms. The van der Waals surface area contributed by atoms with Gasteiger partial charge in [0.2, 0.25) is 0 Å². The summed E-state index contributed by atoms with van der Waals surface area (Å²) in [4.78, 5) is 0. The number of benzene rings is 2. The fraction of sp³-hybridized carbons (Fsp3) is 0.333. The SMILES string of the molecule is CCCCCCc1ccc(-c2ccc3c(c2)/C(N)=C/C=C2/C=CC=CC2(C)C3C)cc1. The van der Waals surface area contributed by atoms with E-state index in [1.807, 2.05) is 0 Å². The minimum atomic E-state index is -0.0261. The van der Waals surface area contributed by atoms with Crippen molar-refractivity contribution in [1.82, 2.24) is 0 Å². The van der Waals surface area contributed by atoms with E-state index in [2.05, 4.69) is 99.7 Å². The molecule has 0 aromatic heterocycles. The average Bonchev–Trinajstić information content (AvgIpc) is 2.80. The van der Waals surface area contributed by atoms with Gasteiger partial charge in [0.25, 0.3) is 0 Å². The van der Waals surface area contributed by atoms with Gasteiger partial charge in [-0.15, -0.1) is 0 Å². The number of aryl methyl sites for hydroxylation is 1. The van der Waals surface area contributed by atoms with Crippen molar-refractivity contribution < 1.29 is 0 Å². The number of nitrogens with two attached hydrogens (primary N) is 1. The highest BCUT2D eigenvalue weighted by atomic mass is 14.6. The van der Waals surface area contributed by atoms with Gasteiger partial charge in [0, 0.05) is 16.7 Å². The van der Waals surface area contributed by atoms with E-state index < -0.39 is 0 Å². The number of hydrogen-bond donors (Lipinski definition) is 1. The van der Waals surface area contributed by atoms with E-state index in [-0.39, 0.29) is 5.41 Å². The third-order valence-corrected chi connectivity index (χ3v) is 7.23. The average molecular weight is 410 g/mol. The molecule has 0 heterocycles. The van der Waals surface area contributed by atoms with Crippen molar-refractivity contribution in [1.29, 1.82) is 0 Å². The predicted octanol–water partition coefficient (Wildman–Crippen LogP) is 7.95. The van der Waals surface area contributed by atoms with Crippen molar-refractivity contribution in [3.63, 3.8) is 0 Å². The summed E-state index contributed by atoms with van der Waals surface area (Å²) >= 11 is 0. The maximum absolute atomic E-state index is 6.57. The van der Waals surface area contributed by atoms with Crippen LogP contribution in [0.2, 0.25) is 0 Å². The van der Waals surface area contributed by atoms with Gasteiger partial charge in [0.1, 0.15) is 0 Å². The Kier molecular flexibility index (Phi) is 6.32. The normalized spacial score (nSPS) is 25.5. The van der Waals surface area contributed by atoms with E-state index in [0.717, 1.165) is 11.3 Å². The van der Waals surface area contributed by atoms with Crippen LogP contribution in [-0.4, -0.2) is 0 Å². The summed E-state index contributed by atoms with van der Waals surface area (Å²) in [6.07, 6.45) is 19.5. The van der Waals surface area contributed by atoms with Crippen LogP contribution >= 0.6 is 0 Å². The molecule has 2 aliphatic rings. The lowest BCUT2D eigenvalue weighted by molar-refractivity contribution is 0.430. The standard InChI is InChI=1S/C30H35N/c1-4-5-6-7-10-23-12-14-24(15-13-23)25-16-18-27-22(2)30(3)20-9-8-11-26(30)17-19-29(31)28(27)21-25/h8-9,11-22H,4-7,10,31H2,1-3H3/b26-17-,29-19-. The fourth-order valence-corrected chi connectivity index (χ4v) is 4.90. The molecule has 0 bridgehead atoms. The number of allylic oxidation sites excluding steroid dienone is 7. The van der Waals surface area contributed by atoms with Gasteiger partial charge in [-0.2, -0.15) is 0 Å². The lowest BCUT2D eigenvalue weighted by Crippen LogP contribution is -2.26. The monoisotopic (exact) mass is 409 g/mol. The first-order valence-electron chi connectivity index (χ1n) is 11.8. The molecule has 1 heteroatoms. The van der Waals surface area contributed by atoms with E-state index in [0.29, 0.717) is 5.92 Å². The molecule has 2 aliphatic carbocycles. The molecule has 0 fully saturated rings. The molecule has 2 aromatic rings. The fourth-order valence-electron chi connectivity index (χ4n) is 4.90. The van der Waals surface area contributed by atoms with Crippen LogP contribution < -0.4 is 5.73 Å². The second-order valence-corrected chi connectivity index (χ2v) is 9.28. The third-order valence-electron chi connectivity index (χ3n) is 7.23. The molecule has 0 aliphatic heterocycles. The quantitative estimate of drug-likeness (QED) is 0.481. The van der Waals surface area contributed by atoms with Gasteiger partial charge in [-0.3, -0.25) is 0 Å². The summed E-state index contributed by atoms with van der Waals surface area (Å²) in [6.45, 7) is 6.91. The molecule has 2 unspecified atom stereocenters. The van der Waals surface area contributed by atoms with Gasteiger partial charge in [0.05, 0.1) is 0 Å². The van der Waals surface area contributed by atoms with Crippen molar-refractivity contribution in [2.45, 2.75) is 58.8 Å². The van der Waals surface area contributed by atoms with Crippen molar-refractivity contribution in [2.24, 2.45) is 11.1 Å². The Bertz CT molecular complexity index is 1050. The lowest BCUT2D eigenvalue weighted by Gasteiger charge is -2.38. The van der Waals surface area contributed by atoms with E-state index in [1.54, 1.807) is 0 Å². The molecule has 2 N–H and O–H groups in total. The molecule has 1 nitrogen and oxygen atoms in total. The highest BCUT2D eigenvalue weighted by Gasteiger charge is 2.35. The van der Waals surface area contributed by atoms with E-state index >= 15 is 0 Å². The Morgan fingerprint density at radius 3 is 2.45 bits per heavy atom. The van der Waals surface area contributed by atoms with E-state index in [1.165, 1.54) is 59.9 Å². The minimum absolute atomic E-state index is 0.0261. The number of unbranched alkanes of at least 4 members (excludes halogenated alkanes) is 3. The van der Waals surface area contributed by atoms with Crippen LogP contribution in [-0.2, 0) is 6.42 Å². The Balaban J connectivity index is 1.64. The second-order valence-electron chi connectivity index (χ2n) is 9.28. The summed E-state index contributed by atoms with van der Waals surface area (Å²) in [7, 11) is 0. The van der Waals surface area contributed by atoms with Crippen molar-refractivity contribution in [2.75, 3.05) is 0 Å². The van der Waals surface area contributed by atoms with Crippen LogP contribution in [0.25, 0.3) is 16.8 Å². The van der Waals surface area contributed by atoms with Gasteiger partial charge in [-0.1, -0.05) is 107 Å². The molecule has 31 heavy (non-hydrogen) atoms. The van der Waals surface area contributed by atoms with Gasteiger partial charge in [-0.25, -0.2) is 0 Å². The van der Waals surface area contributed by atoms with Crippen LogP contribution in [0.1, 0.15) is 69.1 Å². The predicted molar refractivity (Wildman–Crippen MR) is 135 cm³/mol. The van der Waals surface area contributed by atoms with Gasteiger partial charge < -0.3 is 5.73 Å². The second kappa shape index (κ2) is 9.14. The molecule has 0 saturated carbocycles. The number of hydrogen-bond acceptors (Lipinski definition) is 1. The van der Waals surface area contributed by atoms with Crippen LogP contribution in [0.5, 0.6) is 0 Å². The highest BCUT2D eigenvalue weighted by Crippen LogP contribution is 2.48. The Morgan fingerprint density at radius 2 is 1.68 bits per heavy atom. The van der Waals surface area contributed by atoms with Crippen LogP contribution in [0.15, 0.2) is 84.5 Å².